The number of nitrogens with one attached hydrogen (secondary N) is 4. The van der Waals surface area contributed by atoms with E-state index < -0.39 is 0 Å². The maximum Gasteiger partial charge on any atom is 0.166 e. The molecule has 0 bridgehead atoms. The summed E-state index contributed by atoms with van der Waals surface area (Å²) in [6, 6.07) is 3.75. The van der Waals surface area contributed by atoms with E-state index in [9.17, 15) is 0 Å². The summed E-state index contributed by atoms with van der Waals surface area (Å²) < 4.78 is 9.60. The molecule has 0 fully saturated rings. The lowest BCUT2D eigenvalue weighted by atomic mass is 10.4. The maximum atomic E-state index is 5.27. The minimum atomic E-state index is 0.678. The number of hydrogen-bond donors (Lipinski definition) is 4. The predicted octanol–water partition coefficient (Wildman–Crippen LogP) is 2.15. The molecule has 0 saturated heterocycles. The van der Waals surface area contributed by atoms with Crippen LogP contribution in [-0.4, -0.2) is 58.2 Å². The van der Waals surface area contributed by atoms with Crippen LogP contribution in [0.15, 0.2) is 33.7 Å². The average molecular weight is 475 g/mol. The fraction of sp³-hybridized carbons (Fsp3) is 0.529. The maximum absolute atomic E-state index is 5.27. The van der Waals surface area contributed by atoms with E-state index in [-0.39, 0.29) is 0 Å². The normalized spacial score (nSPS) is 10.5. The van der Waals surface area contributed by atoms with Crippen LogP contribution in [0.3, 0.4) is 0 Å². The molecule has 160 valence electrons. The zero-order valence-electron chi connectivity index (χ0n) is 16.0. The molecule has 0 atom stereocenters. The second-order valence-electron chi connectivity index (χ2n) is 5.81. The van der Waals surface area contributed by atoms with Crippen molar-refractivity contribution in [3.63, 3.8) is 0 Å². The van der Waals surface area contributed by atoms with Crippen molar-refractivity contribution in [2.24, 2.45) is 0 Å². The molecule has 0 aromatic carbocycles. The highest BCUT2D eigenvalue weighted by atomic mass is 32.2. The molecule has 0 radical (unpaired) electrons. The molecule has 0 aliphatic rings. The van der Waals surface area contributed by atoms with E-state index in [1.165, 1.54) is 0 Å². The van der Waals surface area contributed by atoms with Crippen LogP contribution in [0.4, 0.5) is 0 Å². The first kappa shape index (κ1) is 23.8. The van der Waals surface area contributed by atoms with Crippen LogP contribution in [0.2, 0.25) is 0 Å². The third kappa shape index (κ3) is 11.9. The van der Waals surface area contributed by atoms with Gasteiger partial charge in [-0.3, -0.25) is 0 Å². The van der Waals surface area contributed by atoms with Crippen LogP contribution in [-0.2, 0) is 11.5 Å². The minimum absolute atomic E-state index is 0.678. The van der Waals surface area contributed by atoms with Crippen molar-refractivity contribution in [1.29, 1.82) is 0 Å². The molecule has 4 N–H and O–H groups in total. The Bertz CT molecular complexity index is 626. The standard InChI is InChI=1S/C17H26N6O2S4/c26-16(20-6-10-28-12-14-2-8-24-22-14)18-4-1-5-19-17(27)21-7-11-29-13-15-3-9-25-23-15/h2-3,8-9H,1,4-7,10-13H2,(H2,18,20,26)(H2,19,21,27). The van der Waals surface area contributed by atoms with Crippen molar-refractivity contribution >= 4 is 58.2 Å². The molecule has 0 aliphatic heterocycles. The largest absolute Gasteiger partial charge is 0.364 e. The van der Waals surface area contributed by atoms with Gasteiger partial charge in [0.2, 0.25) is 0 Å². The van der Waals surface area contributed by atoms with Gasteiger partial charge in [-0.2, -0.15) is 23.5 Å². The molecule has 0 aliphatic carbocycles. The number of rotatable bonds is 14. The van der Waals surface area contributed by atoms with Gasteiger partial charge in [0.15, 0.2) is 10.2 Å². The molecule has 0 unspecified atom stereocenters. The summed E-state index contributed by atoms with van der Waals surface area (Å²) in [6.45, 7) is 3.21. The fourth-order valence-corrected chi connectivity index (χ4v) is 3.97. The monoisotopic (exact) mass is 474 g/mol. The molecule has 0 saturated carbocycles. The van der Waals surface area contributed by atoms with Crippen LogP contribution in [0.1, 0.15) is 17.8 Å². The molecule has 2 rings (SSSR count). The molecular weight excluding hydrogens is 448 g/mol. The molecule has 0 spiro atoms. The molecule has 2 heterocycles. The van der Waals surface area contributed by atoms with E-state index in [4.69, 9.17) is 33.5 Å². The Balaban J connectivity index is 1.33. The van der Waals surface area contributed by atoms with E-state index in [0.717, 1.165) is 67.0 Å². The highest BCUT2D eigenvalue weighted by molar-refractivity contribution is 7.98. The Morgan fingerprint density at radius 1 is 0.759 bits per heavy atom. The SMILES string of the molecule is S=C(NCCCNC(=S)NCCSCc1ccon1)NCCSCc1ccon1. The Morgan fingerprint density at radius 2 is 1.21 bits per heavy atom. The fourth-order valence-electron chi connectivity index (χ4n) is 2.07. The zero-order chi connectivity index (χ0) is 20.6. The van der Waals surface area contributed by atoms with Gasteiger partial charge in [-0.25, -0.2) is 0 Å². The second kappa shape index (κ2) is 15.4. The van der Waals surface area contributed by atoms with Crippen molar-refractivity contribution in [3.05, 3.63) is 36.0 Å². The predicted molar refractivity (Wildman–Crippen MR) is 127 cm³/mol. The van der Waals surface area contributed by atoms with Crippen LogP contribution in [0, 0.1) is 0 Å². The van der Waals surface area contributed by atoms with E-state index in [2.05, 4.69) is 31.6 Å². The summed E-state index contributed by atoms with van der Waals surface area (Å²) in [5.74, 6) is 3.59. The number of hydrogen-bond acceptors (Lipinski definition) is 8. The van der Waals surface area contributed by atoms with Gasteiger partial charge in [-0.05, 0) is 30.9 Å². The van der Waals surface area contributed by atoms with Crippen molar-refractivity contribution in [3.8, 4) is 0 Å². The third-order valence-electron chi connectivity index (χ3n) is 3.47. The number of nitrogens with zero attached hydrogens (tertiary/aromatic N) is 2. The summed E-state index contributed by atoms with van der Waals surface area (Å²) in [4.78, 5) is 0. The summed E-state index contributed by atoms with van der Waals surface area (Å²) in [5, 5.41) is 21.9. The molecule has 8 nitrogen and oxygen atoms in total. The first-order valence-corrected chi connectivity index (χ1v) is 12.3. The third-order valence-corrected chi connectivity index (χ3v) is 6.03. The smallest absolute Gasteiger partial charge is 0.166 e. The molecule has 29 heavy (non-hydrogen) atoms. The van der Waals surface area contributed by atoms with Crippen LogP contribution >= 0.6 is 48.0 Å². The van der Waals surface area contributed by atoms with Crippen molar-refractivity contribution in [2.45, 2.75) is 17.9 Å². The van der Waals surface area contributed by atoms with E-state index in [0.29, 0.717) is 10.2 Å². The summed E-state index contributed by atoms with van der Waals surface area (Å²) in [6.07, 6.45) is 4.10. The van der Waals surface area contributed by atoms with E-state index in [1.807, 2.05) is 12.1 Å². The molecule has 0 amide bonds. The molecule has 12 heteroatoms. The van der Waals surface area contributed by atoms with Gasteiger partial charge in [-0.15, -0.1) is 0 Å². The van der Waals surface area contributed by atoms with Crippen molar-refractivity contribution in [1.82, 2.24) is 31.6 Å². The Hall–Kier alpha value is -1.50. The van der Waals surface area contributed by atoms with Gasteiger partial charge in [0.25, 0.3) is 0 Å². The lowest BCUT2D eigenvalue weighted by Gasteiger charge is -2.12. The van der Waals surface area contributed by atoms with Crippen molar-refractivity contribution in [2.75, 3.05) is 37.7 Å². The van der Waals surface area contributed by atoms with Gasteiger partial charge in [0.1, 0.15) is 12.5 Å². The number of thiocarbonyl (C=S) groups is 2. The highest BCUT2D eigenvalue weighted by Gasteiger charge is 2.00. The zero-order valence-corrected chi connectivity index (χ0v) is 19.3. The molecular formula is C17H26N6O2S4. The average Bonchev–Trinajstić information content (AvgIpc) is 3.41. The summed E-state index contributed by atoms with van der Waals surface area (Å²) in [7, 11) is 0. The van der Waals surface area contributed by atoms with Gasteiger partial charge in [0.05, 0.1) is 11.4 Å². The quantitative estimate of drug-likeness (QED) is 0.238. The van der Waals surface area contributed by atoms with Gasteiger partial charge < -0.3 is 30.3 Å². The molecule has 2 aromatic heterocycles. The van der Waals surface area contributed by atoms with Gasteiger partial charge >= 0.3 is 0 Å². The Morgan fingerprint density at radius 3 is 1.62 bits per heavy atom. The van der Waals surface area contributed by atoms with Crippen LogP contribution < -0.4 is 21.3 Å². The van der Waals surface area contributed by atoms with Crippen LogP contribution in [0.25, 0.3) is 0 Å². The Labute approximate surface area is 190 Å². The minimum Gasteiger partial charge on any atom is -0.364 e. The Kier molecular flexibility index (Phi) is 12.6. The first-order chi connectivity index (χ1) is 14.2. The molecule has 2 aromatic rings. The van der Waals surface area contributed by atoms with Gasteiger partial charge in [0, 0.05) is 61.3 Å². The lowest BCUT2D eigenvalue weighted by molar-refractivity contribution is 0.414. The van der Waals surface area contributed by atoms with Crippen molar-refractivity contribution < 1.29 is 9.05 Å². The number of thioether (sulfide) groups is 2. The van der Waals surface area contributed by atoms with Gasteiger partial charge in [-0.1, -0.05) is 10.3 Å². The summed E-state index contributed by atoms with van der Waals surface area (Å²) in [5.41, 5.74) is 1.92. The van der Waals surface area contributed by atoms with E-state index >= 15 is 0 Å². The first-order valence-electron chi connectivity index (χ1n) is 9.21. The van der Waals surface area contributed by atoms with E-state index in [1.54, 1.807) is 36.1 Å². The van der Waals surface area contributed by atoms with Crippen LogP contribution in [0.5, 0.6) is 0 Å². The highest BCUT2D eigenvalue weighted by Crippen LogP contribution is 2.09. The number of aromatic nitrogens is 2. The second-order valence-corrected chi connectivity index (χ2v) is 8.83. The lowest BCUT2D eigenvalue weighted by Crippen LogP contribution is -2.40. The summed E-state index contributed by atoms with van der Waals surface area (Å²) >= 11 is 14.1. The topological polar surface area (TPSA) is 100 Å².